The highest BCUT2D eigenvalue weighted by Gasteiger charge is 2.19. The van der Waals surface area contributed by atoms with E-state index in [0.29, 0.717) is 19.3 Å². The van der Waals surface area contributed by atoms with Gasteiger partial charge in [-0.15, -0.1) is 0 Å². The minimum atomic E-state index is -0.793. The Morgan fingerprint density at radius 2 is 0.542 bits per heavy atom. The fourth-order valence-corrected chi connectivity index (χ4v) is 7.59. The number of carbonyl (C=O) groups excluding carboxylic acids is 3. The van der Waals surface area contributed by atoms with Crippen LogP contribution in [-0.4, -0.2) is 37.2 Å². The van der Waals surface area contributed by atoms with E-state index < -0.39 is 6.10 Å². The topological polar surface area (TPSA) is 78.9 Å². The molecule has 0 saturated heterocycles. The molecule has 6 nitrogen and oxygen atoms in total. The van der Waals surface area contributed by atoms with E-state index >= 15 is 0 Å². The first-order valence-corrected chi connectivity index (χ1v) is 29.2. The van der Waals surface area contributed by atoms with Gasteiger partial charge in [0.1, 0.15) is 13.2 Å². The molecule has 6 heteroatoms. The first-order chi connectivity index (χ1) is 35.5. The molecule has 0 rings (SSSR count). The van der Waals surface area contributed by atoms with Crippen molar-refractivity contribution in [2.45, 2.75) is 252 Å². The van der Waals surface area contributed by atoms with Crippen molar-refractivity contribution in [3.63, 3.8) is 0 Å². The van der Waals surface area contributed by atoms with Crippen molar-refractivity contribution >= 4 is 17.9 Å². The molecule has 0 aliphatic heterocycles. The lowest BCUT2D eigenvalue weighted by Crippen LogP contribution is -2.30. The van der Waals surface area contributed by atoms with Crippen molar-refractivity contribution in [1.29, 1.82) is 0 Å². The summed E-state index contributed by atoms with van der Waals surface area (Å²) in [7, 11) is 0. The summed E-state index contributed by atoms with van der Waals surface area (Å²) in [6.07, 6.45) is 83.3. The third kappa shape index (κ3) is 56.5. The van der Waals surface area contributed by atoms with Gasteiger partial charge < -0.3 is 14.2 Å². The Balaban J connectivity index is 4.23. The van der Waals surface area contributed by atoms with Crippen LogP contribution < -0.4 is 0 Å². The maximum Gasteiger partial charge on any atom is 0.306 e. The molecule has 0 aliphatic carbocycles. The second-order valence-electron chi connectivity index (χ2n) is 18.8. The molecule has 1 unspecified atom stereocenters. The molecule has 0 aromatic rings. The zero-order valence-corrected chi connectivity index (χ0v) is 46.4. The molecule has 0 bridgehead atoms. The summed E-state index contributed by atoms with van der Waals surface area (Å²) < 4.78 is 16.7. The number of hydrogen-bond acceptors (Lipinski definition) is 6. The molecule has 0 aliphatic rings. The molecule has 0 fully saturated rings. The van der Waals surface area contributed by atoms with E-state index in [0.717, 1.165) is 154 Å². The molecule has 0 heterocycles. The van der Waals surface area contributed by atoms with E-state index in [9.17, 15) is 14.4 Å². The third-order valence-corrected chi connectivity index (χ3v) is 11.9. The van der Waals surface area contributed by atoms with Gasteiger partial charge in [0.15, 0.2) is 6.10 Å². The van der Waals surface area contributed by atoms with E-state index in [1.54, 1.807) is 0 Å². The van der Waals surface area contributed by atoms with E-state index in [2.05, 4.69) is 154 Å². The predicted octanol–water partition coefficient (Wildman–Crippen LogP) is 19.8. The number of unbranched alkanes of at least 4 members (excludes halogenated alkanes) is 18. The standard InChI is InChI=1S/C66H106O6/c1-4-7-10-13-16-18-20-22-24-26-28-30-31-32-33-34-35-37-38-40-42-44-46-48-50-53-56-59-65(68)71-62-63(61-70-64(67)58-55-52-15-12-9-6-3)72-66(69)60-57-54-51-49-47-45-43-41-39-36-29-27-25-23-21-19-17-14-11-8-5-2/h7-8,10-11,16-19,22-25,28-30,32-33,35-37,40,42,63H,4-6,9,12-15,20-21,26-27,31,34,38-39,41,43-62H2,1-3H3/b10-7-,11-8-,18-16-,19-17-,24-22-,25-23-,30-28-,33-32-,36-29-,37-35-,42-40-. The van der Waals surface area contributed by atoms with Crippen LogP contribution in [0.1, 0.15) is 245 Å². The molecule has 0 saturated carbocycles. The number of ether oxygens (including phenoxy) is 3. The van der Waals surface area contributed by atoms with Crippen molar-refractivity contribution in [3.8, 4) is 0 Å². The summed E-state index contributed by atoms with van der Waals surface area (Å²) in [5, 5.41) is 0. The SMILES string of the molecule is CC/C=C\C/C=C\C/C=C\C/C=C\C/C=C\C/C=C\C/C=C\CCCCCCCC(=O)OCC(COC(=O)CCCCCCCC)OC(=O)CCCCCCCCCC/C=C\C/C=C\C/C=C\C/C=C\CC. The van der Waals surface area contributed by atoms with Crippen LogP contribution in [0.4, 0.5) is 0 Å². The monoisotopic (exact) mass is 995 g/mol. The predicted molar refractivity (Wildman–Crippen MR) is 311 cm³/mol. The van der Waals surface area contributed by atoms with Gasteiger partial charge >= 0.3 is 17.9 Å². The van der Waals surface area contributed by atoms with E-state index in [1.807, 2.05) is 0 Å². The zero-order chi connectivity index (χ0) is 52.2. The maximum absolute atomic E-state index is 12.8. The second kappa shape index (κ2) is 59.1. The number of allylic oxidation sites excluding steroid dienone is 22. The Bertz CT molecular complexity index is 1560. The first-order valence-electron chi connectivity index (χ1n) is 29.2. The molecular weight excluding hydrogens is 889 g/mol. The van der Waals surface area contributed by atoms with Crippen LogP contribution in [0.2, 0.25) is 0 Å². The van der Waals surface area contributed by atoms with Gasteiger partial charge in [0, 0.05) is 19.3 Å². The van der Waals surface area contributed by atoms with Gasteiger partial charge in [-0.1, -0.05) is 244 Å². The lowest BCUT2D eigenvalue weighted by molar-refractivity contribution is -0.167. The molecule has 0 aromatic heterocycles. The lowest BCUT2D eigenvalue weighted by Gasteiger charge is -2.18. The van der Waals surface area contributed by atoms with Crippen molar-refractivity contribution < 1.29 is 28.6 Å². The van der Waals surface area contributed by atoms with Crippen molar-refractivity contribution in [2.24, 2.45) is 0 Å². The van der Waals surface area contributed by atoms with Gasteiger partial charge in [0.2, 0.25) is 0 Å². The lowest BCUT2D eigenvalue weighted by atomic mass is 10.1. The van der Waals surface area contributed by atoms with Crippen LogP contribution in [0, 0.1) is 0 Å². The normalized spacial score (nSPS) is 13.1. The van der Waals surface area contributed by atoms with Crippen molar-refractivity contribution in [2.75, 3.05) is 13.2 Å². The van der Waals surface area contributed by atoms with Crippen LogP contribution in [0.15, 0.2) is 134 Å². The second-order valence-corrected chi connectivity index (χ2v) is 18.8. The molecule has 406 valence electrons. The molecular formula is C66H106O6. The van der Waals surface area contributed by atoms with Gasteiger partial charge in [-0.05, 0) is 116 Å². The summed E-state index contributed by atoms with van der Waals surface area (Å²) in [6.45, 7) is 6.32. The highest BCUT2D eigenvalue weighted by atomic mass is 16.6. The van der Waals surface area contributed by atoms with Gasteiger partial charge in [0.25, 0.3) is 0 Å². The van der Waals surface area contributed by atoms with Gasteiger partial charge in [0.05, 0.1) is 0 Å². The highest BCUT2D eigenvalue weighted by molar-refractivity contribution is 5.71. The average Bonchev–Trinajstić information content (AvgIpc) is 3.38. The Morgan fingerprint density at radius 3 is 0.847 bits per heavy atom. The number of esters is 3. The van der Waals surface area contributed by atoms with Crippen LogP contribution in [0.5, 0.6) is 0 Å². The molecule has 0 amide bonds. The Hall–Kier alpha value is -4.45. The van der Waals surface area contributed by atoms with Gasteiger partial charge in [-0.25, -0.2) is 0 Å². The molecule has 0 N–H and O–H groups in total. The quantitative estimate of drug-likeness (QED) is 0.0261. The minimum Gasteiger partial charge on any atom is -0.462 e. The summed E-state index contributed by atoms with van der Waals surface area (Å²) in [4.78, 5) is 37.9. The zero-order valence-electron chi connectivity index (χ0n) is 46.4. The number of rotatable bonds is 51. The summed E-state index contributed by atoms with van der Waals surface area (Å²) in [5.41, 5.74) is 0. The summed E-state index contributed by atoms with van der Waals surface area (Å²) in [5.74, 6) is -0.933. The highest BCUT2D eigenvalue weighted by Crippen LogP contribution is 2.14. The van der Waals surface area contributed by atoms with E-state index in [-0.39, 0.29) is 31.1 Å². The van der Waals surface area contributed by atoms with Crippen LogP contribution in [0.3, 0.4) is 0 Å². The first kappa shape index (κ1) is 67.5. The van der Waals surface area contributed by atoms with E-state index in [4.69, 9.17) is 14.2 Å². The maximum atomic E-state index is 12.8. The minimum absolute atomic E-state index is 0.0915. The third-order valence-electron chi connectivity index (χ3n) is 11.9. The van der Waals surface area contributed by atoms with E-state index in [1.165, 1.54) is 51.4 Å². The number of hydrogen-bond donors (Lipinski definition) is 0. The molecule has 0 radical (unpaired) electrons. The Kier molecular flexibility index (Phi) is 55.5. The van der Waals surface area contributed by atoms with Crippen molar-refractivity contribution in [1.82, 2.24) is 0 Å². The summed E-state index contributed by atoms with van der Waals surface area (Å²) >= 11 is 0. The molecule has 72 heavy (non-hydrogen) atoms. The van der Waals surface area contributed by atoms with Gasteiger partial charge in [-0.2, -0.15) is 0 Å². The largest absolute Gasteiger partial charge is 0.462 e. The Morgan fingerprint density at radius 1 is 0.292 bits per heavy atom. The van der Waals surface area contributed by atoms with Crippen LogP contribution in [-0.2, 0) is 28.6 Å². The van der Waals surface area contributed by atoms with Gasteiger partial charge in [-0.3, -0.25) is 14.4 Å². The van der Waals surface area contributed by atoms with Crippen LogP contribution in [0.25, 0.3) is 0 Å². The fraction of sp³-hybridized carbons (Fsp3) is 0.621. The smallest absolute Gasteiger partial charge is 0.306 e. The molecule has 0 spiro atoms. The fourth-order valence-electron chi connectivity index (χ4n) is 7.59. The average molecular weight is 996 g/mol. The van der Waals surface area contributed by atoms with Crippen molar-refractivity contribution in [3.05, 3.63) is 134 Å². The molecule has 0 aromatic carbocycles. The Labute approximate surface area is 443 Å². The van der Waals surface area contributed by atoms with Crippen LogP contribution >= 0.6 is 0 Å². The molecule has 1 atom stereocenters. The number of carbonyl (C=O) groups is 3. The summed E-state index contributed by atoms with van der Waals surface area (Å²) in [6, 6.07) is 0.